The molecule has 1 heterocycles. The predicted molar refractivity (Wildman–Crippen MR) is 88.7 cm³/mol. The fourth-order valence-corrected chi connectivity index (χ4v) is 3.45. The fourth-order valence-electron chi connectivity index (χ4n) is 2.40. The number of rotatable bonds is 3. The third kappa shape index (κ3) is 2.77. The van der Waals surface area contributed by atoms with E-state index in [4.69, 9.17) is 0 Å². The maximum absolute atomic E-state index is 12.3. The summed E-state index contributed by atoms with van der Waals surface area (Å²) in [4.78, 5) is 16.7. The van der Waals surface area contributed by atoms with Crippen LogP contribution in [0.2, 0.25) is 0 Å². The van der Waals surface area contributed by atoms with Gasteiger partial charge in [0.25, 0.3) is 5.91 Å². The van der Waals surface area contributed by atoms with Crippen LogP contribution >= 0.6 is 11.8 Å². The molecule has 2 aromatic rings. The lowest BCUT2D eigenvalue weighted by Gasteiger charge is -2.28. The maximum atomic E-state index is 12.3. The van der Waals surface area contributed by atoms with Gasteiger partial charge in [-0.25, -0.2) is 4.99 Å². The molecule has 0 aromatic heterocycles. The van der Waals surface area contributed by atoms with Crippen LogP contribution in [0.15, 0.2) is 65.7 Å². The summed E-state index contributed by atoms with van der Waals surface area (Å²) in [6.45, 7) is 1.83. The molecule has 22 heavy (non-hydrogen) atoms. The second-order valence-corrected chi connectivity index (χ2v) is 6.36. The third-order valence-corrected chi connectivity index (χ3v) is 4.59. The minimum atomic E-state index is -1.44. The van der Waals surface area contributed by atoms with Crippen molar-refractivity contribution in [2.75, 3.05) is 0 Å². The van der Waals surface area contributed by atoms with Crippen LogP contribution in [0, 0.1) is 0 Å². The number of carbonyl (C=O) groups excluding carboxylic acids is 1. The first kappa shape index (κ1) is 14.8. The van der Waals surface area contributed by atoms with Crippen molar-refractivity contribution in [1.82, 2.24) is 5.32 Å². The van der Waals surface area contributed by atoms with Gasteiger partial charge in [-0.05, 0) is 19.1 Å². The Morgan fingerprint density at radius 3 is 2.36 bits per heavy atom. The second kappa shape index (κ2) is 5.94. The van der Waals surface area contributed by atoms with E-state index >= 15 is 0 Å². The monoisotopic (exact) mass is 312 g/mol. The summed E-state index contributed by atoms with van der Waals surface area (Å²) < 4.78 is 0. The van der Waals surface area contributed by atoms with Gasteiger partial charge in [-0.3, -0.25) is 4.79 Å². The van der Waals surface area contributed by atoms with Crippen molar-refractivity contribution in [3.63, 3.8) is 0 Å². The van der Waals surface area contributed by atoms with Gasteiger partial charge in [0.1, 0.15) is 5.37 Å². The molecular formula is C17H16N2O2S. The number of benzene rings is 2. The van der Waals surface area contributed by atoms with Crippen LogP contribution in [0.5, 0.6) is 0 Å². The molecule has 0 saturated carbocycles. The molecule has 112 valence electrons. The van der Waals surface area contributed by atoms with Gasteiger partial charge in [0.15, 0.2) is 0 Å². The Kier molecular flexibility index (Phi) is 4.00. The van der Waals surface area contributed by atoms with Crippen molar-refractivity contribution in [3.8, 4) is 0 Å². The molecule has 0 radical (unpaired) electrons. The van der Waals surface area contributed by atoms with E-state index in [0.29, 0.717) is 11.1 Å². The van der Waals surface area contributed by atoms with Crippen molar-refractivity contribution < 1.29 is 9.90 Å². The third-order valence-electron chi connectivity index (χ3n) is 3.48. The summed E-state index contributed by atoms with van der Waals surface area (Å²) in [5.74, 6) is -0.225. The van der Waals surface area contributed by atoms with Crippen LogP contribution in [0.1, 0.15) is 22.8 Å². The van der Waals surface area contributed by atoms with Crippen LogP contribution in [0.25, 0.3) is 0 Å². The molecule has 0 aliphatic carbocycles. The lowest BCUT2D eigenvalue weighted by atomic mass is 10.0. The van der Waals surface area contributed by atoms with Crippen molar-refractivity contribution in [2.45, 2.75) is 18.0 Å². The Morgan fingerprint density at radius 1 is 1.14 bits per heavy atom. The Bertz CT molecular complexity index is 703. The van der Waals surface area contributed by atoms with Crippen LogP contribution < -0.4 is 5.32 Å². The first-order chi connectivity index (χ1) is 10.6. The van der Waals surface area contributed by atoms with Gasteiger partial charge in [-0.15, -0.1) is 0 Å². The highest BCUT2D eigenvalue weighted by Crippen LogP contribution is 2.39. The summed E-state index contributed by atoms with van der Waals surface area (Å²) >= 11 is 1.36. The summed E-state index contributed by atoms with van der Waals surface area (Å²) in [5.41, 5.74) is -0.221. The molecule has 0 bridgehead atoms. The number of aliphatic imine (C=N–C) groups is 1. The van der Waals surface area contributed by atoms with E-state index in [-0.39, 0.29) is 5.91 Å². The second-order valence-electron chi connectivity index (χ2n) is 5.06. The van der Waals surface area contributed by atoms with Crippen LogP contribution in [-0.2, 0) is 5.72 Å². The molecule has 1 aliphatic rings. The first-order valence-electron chi connectivity index (χ1n) is 6.96. The van der Waals surface area contributed by atoms with E-state index in [1.54, 1.807) is 12.1 Å². The van der Waals surface area contributed by atoms with Crippen molar-refractivity contribution in [3.05, 3.63) is 71.8 Å². The lowest BCUT2D eigenvalue weighted by Crippen LogP contribution is -2.45. The quantitative estimate of drug-likeness (QED) is 0.916. The van der Waals surface area contributed by atoms with E-state index in [0.717, 1.165) is 5.04 Å². The lowest BCUT2D eigenvalue weighted by molar-refractivity contribution is 0.0361. The van der Waals surface area contributed by atoms with Crippen molar-refractivity contribution in [2.24, 2.45) is 4.99 Å². The molecule has 2 N–H and O–H groups in total. The summed E-state index contributed by atoms with van der Waals surface area (Å²) in [5, 5.41) is 14.0. The van der Waals surface area contributed by atoms with Gasteiger partial charge in [0, 0.05) is 11.1 Å². The summed E-state index contributed by atoms with van der Waals surface area (Å²) in [6.07, 6.45) is 0. The molecule has 3 rings (SSSR count). The van der Waals surface area contributed by atoms with Gasteiger partial charge in [0.2, 0.25) is 5.72 Å². The number of hydrogen-bond acceptors (Lipinski definition) is 4. The molecule has 0 unspecified atom stereocenters. The predicted octanol–water partition coefficient (Wildman–Crippen LogP) is 2.75. The average Bonchev–Trinajstić information content (AvgIpc) is 2.84. The van der Waals surface area contributed by atoms with E-state index in [1.165, 1.54) is 11.8 Å². The number of nitrogens with zero attached hydrogens (tertiary/aromatic N) is 1. The minimum absolute atomic E-state index is 0.225. The van der Waals surface area contributed by atoms with Crippen LogP contribution in [0.3, 0.4) is 0 Å². The van der Waals surface area contributed by atoms with Crippen LogP contribution in [0.4, 0.5) is 0 Å². The molecule has 4 nitrogen and oxygen atoms in total. The highest BCUT2D eigenvalue weighted by atomic mass is 32.2. The largest absolute Gasteiger partial charge is 0.363 e. The summed E-state index contributed by atoms with van der Waals surface area (Å²) in [7, 11) is 0. The zero-order valence-electron chi connectivity index (χ0n) is 12.1. The molecule has 5 heteroatoms. The van der Waals surface area contributed by atoms with Gasteiger partial charge in [0.05, 0.1) is 5.04 Å². The van der Waals surface area contributed by atoms with Crippen LogP contribution in [-0.4, -0.2) is 21.4 Å². The van der Waals surface area contributed by atoms with Crippen molar-refractivity contribution in [1.29, 1.82) is 0 Å². The standard InChI is InChI=1S/C17H16N2O2S/c1-12-19-17(21,14-10-6-3-7-11-14)16(22-12)18-15(20)13-8-4-2-5-9-13/h2-11,16,21H,1H3,(H,18,20)/t16-,17-/m1/s1. The topological polar surface area (TPSA) is 61.7 Å². The molecule has 0 spiro atoms. The first-order valence-corrected chi connectivity index (χ1v) is 7.84. The Balaban J connectivity index is 1.86. The molecule has 0 saturated heterocycles. The normalized spacial score (nSPS) is 23.9. The SMILES string of the molecule is CC1=N[C@@](O)(c2ccccc2)[C@H](NC(=O)c2ccccc2)S1. The van der Waals surface area contributed by atoms with Crippen molar-refractivity contribution >= 4 is 22.7 Å². The van der Waals surface area contributed by atoms with Gasteiger partial charge in [-0.1, -0.05) is 60.3 Å². The molecule has 1 amide bonds. The van der Waals surface area contributed by atoms with E-state index in [1.807, 2.05) is 55.5 Å². The maximum Gasteiger partial charge on any atom is 0.252 e. The zero-order chi connectivity index (χ0) is 15.6. The van der Waals surface area contributed by atoms with E-state index in [2.05, 4.69) is 10.3 Å². The van der Waals surface area contributed by atoms with E-state index < -0.39 is 11.1 Å². The molecular weight excluding hydrogens is 296 g/mol. The minimum Gasteiger partial charge on any atom is -0.363 e. The summed E-state index contributed by atoms with van der Waals surface area (Å²) in [6, 6.07) is 18.1. The Hall–Kier alpha value is -2.11. The highest BCUT2D eigenvalue weighted by molar-refractivity contribution is 8.14. The van der Waals surface area contributed by atoms with Gasteiger partial charge in [-0.2, -0.15) is 0 Å². The fraction of sp³-hybridized carbons (Fsp3) is 0.176. The molecule has 1 aliphatic heterocycles. The van der Waals surface area contributed by atoms with Gasteiger partial charge < -0.3 is 10.4 Å². The molecule has 2 atom stereocenters. The number of aliphatic hydroxyl groups is 1. The molecule has 0 fully saturated rings. The number of nitrogens with one attached hydrogen (secondary N) is 1. The number of hydrogen-bond donors (Lipinski definition) is 2. The number of carbonyl (C=O) groups is 1. The highest BCUT2D eigenvalue weighted by Gasteiger charge is 2.44. The molecule has 2 aromatic carbocycles. The Morgan fingerprint density at radius 2 is 1.73 bits per heavy atom. The van der Waals surface area contributed by atoms with Gasteiger partial charge >= 0.3 is 0 Å². The number of amides is 1. The number of thioether (sulfide) groups is 1. The Labute approximate surface area is 133 Å². The zero-order valence-corrected chi connectivity index (χ0v) is 12.9. The average molecular weight is 312 g/mol. The van der Waals surface area contributed by atoms with E-state index in [9.17, 15) is 9.90 Å². The smallest absolute Gasteiger partial charge is 0.252 e.